The Kier molecular flexibility index (Phi) is 5.07. The summed E-state index contributed by atoms with van der Waals surface area (Å²) in [6.45, 7) is 9.03. The number of urea groups is 1. The van der Waals surface area contributed by atoms with Crippen LogP contribution in [0.25, 0.3) is 5.52 Å². The molecule has 3 aromatic rings. The van der Waals surface area contributed by atoms with Gasteiger partial charge in [0, 0.05) is 16.7 Å². The zero-order valence-electron chi connectivity index (χ0n) is 18.0. The Bertz CT molecular complexity index is 1280. The predicted molar refractivity (Wildman–Crippen MR) is 120 cm³/mol. The molecule has 1 N–H and O–H groups in total. The van der Waals surface area contributed by atoms with Crippen LogP contribution in [0.3, 0.4) is 0 Å². The third kappa shape index (κ3) is 3.48. The third-order valence-electron chi connectivity index (χ3n) is 4.89. The Morgan fingerprint density at radius 1 is 1.29 bits per heavy atom. The van der Waals surface area contributed by atoms with E-state index in [0.717, 1.165) is 10.6 Å². The maximum absolute atomic E-state index is 13.9. The van der Waals surface area contributed by atoms with Gasteiger partial charge in [-0.2, -0.15) is 5.26 Å². The highest BCUT2D eigenvalue weighted by atomic mass is 32.2. The quantitative estimate of drug-likeness (QED) is 0.599. The van der Waals surface area contributed by atoms with Gasteiger partial charge in [-0.15, -0.1) is 5.06 Å². The van der Waals surface area contributed by atoms with Gasteiger partial charge in [-0.1, -0.05) is 23.9 Å². The molecule has 0 saturated carbocycles. The lowest BCUT2D eigenvalue weighted by atomic mass is 10.1. The number of benzene rings is 1. The zero-order valence-corrected chi connectivity index (χ0v) is 18.8. The van der Waals surface area contributed by atoms with Crippen molar-refractivity contribution >= 4 is 34.8 Å². The number of thioether (sulfide) groups is 1. The van der Waals surface area contributed by atoms with Crippen molar-refractivity contribution < 1.29 is 9.63 Å². The number of hydroxylamine groups is 1. The molecule has 0 bridgehead atoms. The van der Waals surface area contributed by atoms with Crippen molar-refractivity contribution in [2.75, 3.05) is 9.96 Å². The number of amides is 2. The molecule has 2 amide bonds. The van der Waals surface area contributed by atoms with Crippen LogP contribution in [0.5, 0.6) is 0 Å². The molecule has 31 heavy (non-hydrogen) atoms. The molecule has 4 rings (SSSR count). The molecular weight excluding hydrogens is 414 g/mol. The number of carbonyl (C=O) groups is 1. The molecule has 0 spiro atoms. The highest BCUT2D eigenvalue weighted by Gasteiger charge is 2.39. The molecule has 8 nitrogen and oxygen atoms in total. The van der Waals surface area contributed by atoms with Gasteiger partial charge in [-0.25, -0.2) is 9.31 Å². The van der Waals surface area contributed by atoms with Crippen molar-refractivity contribution in [2.45, 2.75) is 50.5 Å². The van der Waals surface area contributed by atoms with Crippen LogP contribution in [0, 0.1) is 18.3 Å². The number of hydrogen-bond acceptors (Lipinski definition) is 5. The van der Waals surface area contributed by atoms with Crippen LogP contribution in [0.1, 0.15) is 38.8 Å². The molecule has 2 aromatic heterocycles. The number of anilines is 2. The average Bonchev–Trinajstić information content (AvgIpc) is 3.30. The van der Waals surface area contributed by atoms with E-state index in [1.807, 2.05) is 58.0 Å². The van der Waals surface area contributed by atoms with Gasteiger partial charge in [-0.05, 0) is 52.8 Å². The van der Waals surface area contributed by atoms with Crippen molar-refractivity contribution in [3.63, 3.8) is 0 Å². The highest BCUT2D eigenvalue weighted by Crippen LogP contribution is 2.44. The van der Waals surface area contributed by atoms with Gasteiger partial charge in [0.2, 0.25) is 5.43 Å². The van der Waals surface area contributed by atoms with Gasteiger partial charge in [0.05, 0.1) is 22.2 Å². The Morgan fingerprint density at radius 2 is 2.00 bits per heavy atom. The Balaban J connectivity index is 1.93. The number of para-hydroxylation sites is 1. The Hall–Kier alpha value is -3.22. The lowest BCUT2D eigenvalue weighted by molar-refractivity contribution is -0.00827. The average molecular weight is 438 g/mol. The molecule has 160 valence electrons. The lowest BCUT2D eigenvalue weighted by Gasteiger charge is -2.34. The number of pyridine rings is 1. The summed E-state index contributed by atoms with van der Waals surface area (Å²) in [5, 5.41) is 13.5. The zero-order chi connectivity index (χ0) is 22.5. The van der Waals surface area contributed by atoms with E-state index in [1.165, 1.54) is 5.06 Å². The number of carbonyl (C=O) groups excluding carboxylic acids is 1. The minimum absolute atomic E-state index is 0.0149. The fourth-order valence-corrected chi connectivity index (χ4v) is 4.74. The van der Waals surface area contributed by atoms with E-state index >= 15 is 0 Å². The predicted octanol–water partition coefficient (Wildman–Crippen LogP) is 4.42. The van der Waals surface area contributed by atoms with Crippen LogP contribution < -0.4 is 15.4 Å². The number of nitrogens with one attached hydrogen (secondary N) is 1. The molecular formula is C22H23N5O3S. The second-order valence-corrected chi connectivity index (χ2v) is 9.64. The summed E-state index contributed by atoms with van der Waals surface area (Å²) in [5.41, 5.74) is 0.259. The van der Waals surface area contributed by atoms with E-state index in [2.05, 4.69) is 5.10 Å². The smallest absolute Gasteiger partial charge is 0.300 e. The first kappa shape index (κ1) is 21.0. The standard InChI is InChI=1S/C22H23N5O3S/c1-13-19(28)15(12-23)16-10-11-24-26(16)20(13)27(30-22(3,4)5)21(29)25-14(2)31-18-9-7-6-8-17(18)25/h6-11,14,24H,1-5H3. The van der Waals surface area contributed by atoms with Crippen LogP contribution in [-0.2, 0) is 4.84 Å². The second-order valence-electron chi connectivity index (χ2n) is 8.28. The van der Waals surface area contributed by atoms with E-state index in [4.69, 9.17) is 4.84 Å². The number of aromatic nitrogens is 2. The van der Waals surface area contributed by atoms with Crippen molar-refractivity contribution in [2.24, 2.45) is 0 Å². The highest BCUT2D eigenvalue weighted by molar-refractivity contribution is 8.00. The van der Waals surface area contributed by atoms with Gasteiger partial charge in [0.15, 0.2) is 5.82 Å². The number of rotatable bonds is 2. The van der Waals surface area contributed by atoms with Crippen molar-refractivity contribution in [1.29, 1.82) is 5.26 Å². The Labute approximate surface area is 183 Å². The van der Waals surface area contributed by atoms with E-state index in [1.54, 1.807) is 40.4 Å². The summed E-state index contributed by atoms with van der Waals surface area (Å²) in [4.78, 5) is 35.6. The number of nitriles is 1. The molecule has 9 heteroatoms. The normalized spacial score (nSPS) is 15.7. The van der Waals surface area contributed by atoms with Crippen molar-refractivity contribution in [1.82, 2.24) is 9.61 Å². The van der Waals surface area contributed by atoms with Gasteiger partial charge >= 0.3 is 6.03 Å². The lowest BCUT2D eigenvalue weighted by Crippen LogP contribution is -2.49. The van der Waals surface area contributed by atoms with Crippen molar-refractivity contribution in [3.05, 3.63) is 57.9 Å². The molecule has 0 fully saturated rings. The summed E-state index contributed by atoms with van der Waals surface area (Å²) in [6.07, 6.45) is 1.61. The maximum Gasteiger partial charge on any atom is 0.355 e. The fourth-order valence-electron chi connectivity index (χ4n) is 3.62. The van der Waals surface area contributed by atoms with E-state index in [9.17, 15) is 14.9 Å². The molecule has 1 aliphatic rings. The summed E-state index contributed by atoms with van der Waals surface area (Å²) in [6, 6.07) is 10.9. The Morgan fingerprint density at radius 3 is 2.68 bits per heavy atom. The summed E-state index contributed by atoms with van der Waals surface area (Å²) in [5.74, 6) is 0.241. The number of hydrogen-bond donors (Lipinski definition) is 1. The molecule has 1 atom stereocenters. The number of H-pyrrole nitrogens is 1. The molecule has 1 aliphatic heterocycles. The maximum atomic E-state index is 13.9. The van der Waals surface area contributed by atoms with Gasteiger partial charge in [0.25, 0.3) is 0 Å². The van der Waals surface area contributed by atoms with Crippen LogP contribution in [0.2, 0.25) is 0 Å². The molecule has 1 aromatic carbocycles. The largest absolute Gasteiger partial charge is 0.355 e. The van der Waals surface area contributed by atoms with Crippen LogP contribution in [-0.4, -0.2) is 26.6 Å². The monoisotopic (exact) mass is 437 g/mol. The molecule has 0 radical (unpaired) electrons. The SMILES string of the molecule is Cc1c(N(OC(C)(C)C)C(=O)N2c3ccccc3SC2C)n2[nH]ccc2c(C#N)c1=O. The molecule has 1 unspecified atom stereocenters. The number of fused-ring (bicyclic) bond motifs is 2. The van der Waals surface area contributed by atoms with Crippen LogP contribution in [0.4, 0.5) is 16.3 Å². The first-order valence-corrected chi connectivity index (χ1v) is 10.7. The summed E-state index contributed by atoms with van der Waals surface area (Å²) in [7, 11) is 0. The van der Waals surface area contributed by atoms with Crippen LogP contribution in [0.15, 0.2) is 46.2 Å². The van der Waals surface area contributed by atoms with E-state index < -0.39 is 17.1 Å². The topological polar surface area (TPSA) is 93.8 Å². The van der Waals surface area contributed by atoms with Gasteiger partial charge in [-0.3, -0.25) is 19.6 Å². The van der Waals surface area contributed by atoms with Gasteiger partial charge in [0.1, 0.15) is 11.6 Å². The molecule has 0 aliphatic carbocycles. The number of nitrogens with zero attached hydrogens (tertiary/aromatic N) is 4. The van der Waals surface area contributed by atoms with E-state index in [-0.39, 0.29) is 22.3 Å². The van der Waals surface area contributed by atoms with E-state index in [0.29, 0.717) is 5.52 Å². The third-order valence-corrected chi connectivity index (χ3v) is 6.04. The van der Waals surface area contributed by atoms with Crippen molar-refractivity contribution in [3.8, 4) is 6.07 Å². The molecule has 3 heterocycles. The van der Waals surface area contributed by atoms with Crippen LogP contribution >= 0.6 is 11.8 Å². The first-order chi connectivity index (χ1) is 14.6. The molecule has 0 saturated heterocycles. The van der Waals surface area contributed by atoms with Gasteiger partial charge < -0.3 is 0 Å². The minimum Gasteiger partial charge on any atom is -0.300 e. The first-order valence-electron chi connectivity index (χ1n) is 9.85. The summed E-state index contributed by atoms with van der Waals surface area (Å²) < 4.78 is 1.54. The summed E-state index contributed by atoms with van der Waals surface area (Å²) >= 11 is 1.58. The fraction of sp³-hybridized carbons (Fsp3) is 0.318. The number of aromatic amines is 1. The minimum atomic E-state index is -0.728. The second kappa shape index (κ2) is 7.48.